The molecule has 2 heterocycles. The molecule has 0 aliphatic carbocycles. The van der Waals surface area contributed by atoms with Gasteiger partial charge in [-0.25, -0.2) is 9.78 Å². The molecule has 178 valence electrons. The predicted octanol–water partition coefficient (Wildman–Crippen LogP) is 4.55. The molecule has 7 nitrogen and oxygen atoms in total. The molecule has 1 N–H and O–H groups in total. The number of aliphatic imine (C=N–C) groups is 1. The van der Waals surface area contributed by atoms with Crippen LogP contribution in [0.25, 0.3) is 0 Å². The van der Waals surface area contributed by atoms with Gasteiger partial charge in [0.15, 0.2) is 5.96 Å². The van der Waals surface area contributed by atoms with Gasteiger partial charge in [0.05, 0.1) is 5.01 Å². The van der Waals surface area contributed by atoms with E-state index in [1.54, 1.807) is 11.3 Å². The molecule has 1 saturated heterocycles. The zero-order chi connectivity index (χ0) is 22.1. The Balaban J connectivity index is 0.00000480. The molecule has 1 aromatic heterocycles. The van der Waals surface area contributed by atoms with Crippen molar-refractivity contribution >= 4 is 47.4 Å². The molecule has 1 amide bonds. The molecule has 2 rings (SSSR count). The number of carbonyl (C=O) groups is 1. The van der Waals surface area contributed by atoms with Crippen molar-refractivity contribution in [3.63, 3.8) is 0 Å². The molecule has 0 bridgehead atoms. The number of hydrogen-bond donors (Lipinski definition) is 1. The molecule has 1 aromatic rings. The van der Waals surface area contributed by atoms with Gasteiger partial charge in [-0.15, -0.1) is 35.3 Å². The third-order valence-electron chi connectivity index (χ3n) is 5.15. The van der Waals surface area contributed by atoms with Gasteiger partial charge in [0.25, 0.3) is 0 Å². The Morgan fingerprint density at radius 1 is 1.39 bits per heavy atom. The monoisotopic (exact) mass is 565 g/mol. The molecule has 0 radical (unpaired) electrons. The fourth-order valence-corrected chi connectivity index (χ4v) is 4.41. The lowest BCUT2D eigenvalue weighted by molar-refractivity contribution is 0.0214. The molecule has 0 unspecified atom stereocenters. The maximum atomic E-state index is 12.4. The lowest BCUT2D eigenvalue weighted by Crippen LogP contribution is -2.48. The second kappa shape index (κ2) is 13.4. The maximum absolute atomic E-state index is 12.4. The highest BCUT2D eigenvalue weighted by atomic mass is 127. The Morgan fingerprint density at radius 2 is 2.06 bits per heavy atom. The van der Waals surface area contributed by atoms with Crippen LogP contribution in [0.2, 0.25) is 0 Å². The van der Waals surface area contributed by atoms with Crippen LogP contribution < -0.4 is 5.32 Å². The van der Waals surface area contributed by atoms with E-state index in [-0.39, 0.29) is 30.1 Å². The Morgan fingerprint density at radius 3 is 2.58 bits per heavy atom. The van der Waals surface area contributed by atoms with E-state index in [1.807, 2.05) is 46.6 Å². The standard InChI is InChI=1S/C22H39N5O2S.HI/c1-7-26(21(28)29-22(3,4)5)15-18-10-13-27(14-11-18)20(23-6)24-12-8-9-19-25-17(2)16-30-19;/h16,18H,7-15H2,1-6H3,(H,23,24);1H. The smallest absolute Gasteiger partial charge is 0.410 e. The summed E-state index contributed by atoms with van der Waals surface area (Å²) in [6, 6.07) is 0. The number of aryl methyl sites for hydroxylation is 2. The first-order valence-electron chi connectivity index (χ1n) is 11.1. The molecular formula is C22H40IN5O2S. The molecule has 1 fully saturated rings. The number of ether oxygens (including phenoxy) is 1. The number of nitrogens with one attached hydrogen (secondary N) is 1. The summed E-state index contributed by atoms with van der Waals surface area (Å²) >= 11 is 1.74. The minimum absolute atomic E-state index is 0. The van der Waals surface area contributed by atoms with E-state index in [1.165, 1.54) is 5.01 Å². The summed E-state index contributed by atoms with van der Waals surface area (Å²) in [6.07, 6.45) is 3.95. The molecule has 31 heavy (non-hydrogen) atoms. The summed E-state index contributed by atoms with van der Waals surface area (Å²) in [6.45, 7) is 14.0. The van der Waals surface area contributed by atoms with E-state index in [9.17, 15) is 4.79 Å². The molecule has 9 heteroatoms. The fraction of sp³-hybridized carbons (Fsp3) is 0.773. The van der Waals surface area contributed by atoms with Crippen LogP contribution in [0.3, 0.4) is 0 Å². The number of likely N-dealkylation sites (tertiary alicyclic amines) is 1. The molecule has 1 aliphatic heterocycles. The number of guanidine groups is 1. The van der Waals surface area contributed by atoms with Crippen LogP contribution >= 0.6 is 35.3 Å². The number of nitrogens with zero attached hydrogens (tertiary/aromatic N) is 4. The number of amides is 1. The van der Waals surface area contributed by atoms with Crippen LogP contribution in [-0.4, -0.2) is 72.2 Å². The Hall–Kier alpha value is -1.10. The van der Waals surface area contributed by atoms with Gasteiger partial charge in [-0.3, -0.25) is 4.99 Å². The summed E-state index contributed by atoms with van der Waals surface area (Å²) in [5, 5.41) is 6.80. The summed E-state index contributed by atoms with van der Waals surface area (Å²) in [5.74, 6) is 1.48. The average molecular weight is 566 g/mol. The maximum Gasteiger partial charge on any atom is 0.410 e. The van der Waals surface area contributed by atoms with Gasteiger partial charge in [0.1, 0.15) is 5.60 Å². The second-order valence-electron chi connectivity index (χ2n) is 8.91. The third-order valence-corrected chi connectivity index (χ3v) is 6.18. The lowest BCUT2D eigenvalue weighted by atomic mass is 9.96. The number of piperidine rings is 1. The number of rotatable bonds is 7. The summed E-state index contributed by atoms with van der Waals surface area (Å²) in [5.41, 5.74) is 0.652. The topological polar surface area (TPSA) is 70.1 Å². The molecule has 0 spiro atoms. The zero-order valence-electron chi connectivity index (χ0n) is 19.9. The highest BCUT2D eigenvalue weighted by molar-refractivity contribution is 14.0. The summed E-state index contributed by atoms with van der Waals surface area (Å²) < 4.78 is 5.54. The van der Waals surface area contributed by atoms with Crippen LogP contribution in [0.15, 0.2) is 10.4 Å². The zero-order valence-corrected chi connectivity index (χ0v) is 23.1. The van der Waals surface area contributed by atoms with E-state index in [0.717, 1.165) is 63.5 Å². The fourth-order valence-electron chi connectivity index (χ4n) is 3.59. The van der Waals surface area contributed by atoms with Crippen molar-refractivity contribution in [2.45, 2.75) is 65.9 Å². The predicted molar refractivity (Wildman–Crippen MR) is 140 cm³/mol. The van der Waals surface area contributed by atoms with Crippen LogP contribution in [0.5, 0.6) is 0 Å². The SMILES string of the molecule is CCN(CC1CCN(C(=NC)NCCCc2nc(C)cs2)CC1)C(=O)OC(C)(C)C.I. The van der Waals surface area contributed by atoms with Crippen LogP contribution in [-0.2, 0) is 11.2 Å². The van der Waals surface area contributed by atoms with Crippen molar-refractivity contribution in [3.05, 3.63) is 16.1 Å². The molecule has 0 saturated carbocycles. The second-order valence-corrected chi connectivity index (χ2v) is 9.85. The largest absolute Gasteiger partial charge is 0.444 e. The summed E-state index contributed by atoms with van der Waals surface area (Å²) in [4.78, 5) is 25.5. The van der Waals surface area contributed by atoms with Crippen molar-refractivity contribution in [1.82, 2.24) is 20.1 Å². The number of thiazole rings is 1. The normalized spacial score (nSPS) is 15.4. The van der Waals surface area contributed by atoms with Gasteiger partial charge in [0, 0.05) is 57.3 Å². The van der Waals surface area contributed by atoms with Gasteiger partial charge >= 0.3 is 6.09 Å². The molecule has 1 aliphatic rings. The first-order valence-corrected chi connectivity index (χ1v) is 11.9. The minimum Gasteiger partial charge on any atom is -0.444 e. The first kappa shape index (κ1) is 27.9. The number of halogens is 1. The van der Waals surface area contributed by atoms with Crippen LogP contribution in [0.1, 0.15) is 57.7 Å². The lowest BCUT2D eigenvalue weighted by Gasteiger charge is -2.36. The third kappa shape index (κ3) is 9.93. The van der Waals surface area contributed by atoms with Crippen LogP contribution in [0, 0.1) is 12.8 Å². The Labute approximate surface area is 209 Å². The van der Waals surface area contributed by atoms with E-state index in [2.05, 4.69) is 25.6 Å². The van der Waals surface area contributed by atoms with Gasteiger partial charge in [0.2, 0.25) is 0 Å². The Bertz CT molecular complexity index is 696. The van der Waals surface area contributed by atoms with Gasteiger partial charge in [-0.05, 0) is 59.8 Å². The Kier molecular flexibility index (Phi) is 12.1. The first-order chi connectivity index (χ1) is 14.2. The van der Waals surface area contributed by atoms with E-state index in [4.69, 9.17) is 4.74 Å². The van der Waals surface area contributed by atoms with Crippen molar-refractivity contribution < 1.29 is 9.53 Å². The van der Waals surface area contributed by atoms with E-state index < -0.39 is 5.60 Å². The van der Waals surface area contributed by atoms with Gasteiger partial charge in [-0.1, -0.05) is 0 Å². The van der Waals surface area contributed by atoms with E-state index >= 15 is 0 Å². The van der Waals surface area contributed by atoms with Crippen molar-refractivity contribution in [2.75, 3.05) is 39.8 Å². The van der Waals surface area contributed by atoms with Gasteiger partial charge < -0.3 is 19.9 Å². The number of carbonyl (C=O) groups excluding carboxylic acids is 1. The van der Waals surface area contributed by atoms with Gasteiger partial charge in [-0.2, -0.15) is 0 Å². The average Bonchev–Trinajstić information content (AvgIpc) is 3.10. The van der Waals surface area contributed by atoms with Crippen molar-refractivity contribution in [1.29, 1.82) is 0 Å². The van der Waals surface area contributed by atoms with E-state index in [0.29, 0.717) is 12.5 Å². The summed E-state index contributed by atoms with van der Waals surface area (Å²) in [7, 11) is 1.85. The number of hydrogen-bond acceptors (Lipinski definition) is 5. The minimum atomic E-state index is -0.454. The molecule has 0 aromatic carbocycles. The molecule has 0 atom stereocenters. The highest BCUT2D eigenvalue weighted by Gasteiger charge is 2.27. The quantitative estimate of drug-likeness (QED) is 0.228. The molecular weight excluding hydrogens is 525 g/mol. The number of aromatic nitrogens is 1. The highest BCUT2D eigenvalue weighted by Crippen LogP contribution is 2.20. The van der Waals surface area contributed by atoms with Crippen LogP contribution in [0.4, 0.5) is 4.79 Å². The van der Waals surface area contributed by atoms with Crippen molar-refractivity contribution in [2.24, 2.45) is 10.9 Å². The van der Waals surface area contributed by atoms with Crippen molar-refractivity contribution in [3.8, 4) is 0 Å².